The lowest BCUT2D eigenvalue weighted by molar-refractivity contribution is -0.115. The number of hydrogen-bond donors (Lipinski definition) is 2. The van der Waals surface area contributed by atoms with Crippen molar-refractivity contribution in [1.82, 2.24) is 0 Å². The van der Waals surface area contributed by atoms with Crippen LogP contribution < -0.4 is 10.6 Å². The second-order valence-corrected chi connectivity index (χ2v) is 6.83. The average molecular weight is 351 g/mol. The highest BCUT2D eigenvalue weighted by molar-refractivity contribution is 8.00. The van der Waals surface area contributed by atoms with Gasteiger partial charge in [-0.1, -0.05) is 11.6 Å². The van der Waals surface area contributed by atoms with Gasteiger partial charge >= 0.3 is 0 Å². The summed E-state index contributed by atoms with van der Waals surface area (Å²) >= 11 is 7.34. The molecule has 0 radical (unpaired) electrons. The number of thioether (sulfide) groups is 1. The fourth-order valence-corrected chi connectivity index (χ4v) is 3.28. The molecule has 1 atom stereocenters. The molecule has 0 fully saturated rings. The second-order valence-electron chi connectivity index (χ2n) is 5.04. The molecule has 7 heteroatoms. The van der Waals surface area contributed by atoms with Crippen molar-refractivity contribution in [1.29, 1.82) is 0 Å². The predicted octanol–water partition coefficient (Wildman–Crippen LogP) is 4.16. The van der Waals surface area contributed by atoms with Crippen LogP contribution in [0.2, 0.25) is 5.02 Å². The number of carbonyl (C=O) groups excluding carboxylic acids is 2. The van der Waals surface area contributed by atoms with Gasteiger partial charge in [-0.25, -0.2) is 4.39 Å². The van der Waals surface area contributed by atoms with Gasteiger partial charge in [-0.3, -0.25) is 9.59 Å². The molecule has 2 amide bonds. The molecule has 0 bridgehead atoms. The molecule has 0 spiro atoms. The Kier molecular flexibility index (Phi) is 4.28. The topological polar surface area (TPSA) is 58.2 Å². The molecule has 2 aromatic carbocycles. The predicted molar refractivity (Wildman–Crippen MR) is 89.8 cm³/mol. The van der Waals surface area contributed by atoms with Crippen molar-refractivity contribution in [2.75, 3.05) is 10.6 Å². The molecule has 0 saturated carbocycles. The van der Waals surface area contributed by atoms with Crippen molar-refractivity contribution in [3.8, 4) is 0 Å². The molecule has 118 valence electrons. The summed E-state index contributed by atoms with van der Waals surface area (Å²) in [5, 5.41) is 5.35. The summed E-state index contributed by atoms with van der Waals surface area (Å²) in [6.45, 7) is 1.82. The summed E-state index contributed by atoms with van der Waals surface area (Å²) in [5.74, 6) is -0.962. The van der Waals surface area contributed by atoms with Crippen LogP contribution in [0.1, 0.15) is 17.3 Å². The minimum Gasteiger partial charge on any atom is -0.324 e. The van der Waals surface area contributed by atoms with Crippen LogP contribution in [0, 0.1) is 5.82 Å². The zero-order valence-corrected chi connectivity index (χ0v) is 13.6. The Labute approximate surface area is 141 Å². The van der Waals surface area contributed by atoms with Gasteiger partial charge in [0.25, 0.3) is 5.91 Å². The zero-order valence-electron chi connectivity index (χ0n) is 12.0. The number of amides is 2. The molecule has 0 saturated heterocycles. The van der Waals surface area contributed by atoms with Gasteiger partial charge in [0.1, 0.15) is 5.82 Å². The van der Waals surface area contributed by atoms with Gasteiger partial charge in [-0.15, -0.1) is 11.8 Å². The summed E-state index contributed by atoms with van der Waals surface area (Å²) in [4.78, 5) is 24.9. The van der Waals surface area contributed by atoms with Crippen molar-refractivity contribution in [2.24, 2.45) is 0 Å². The van der Waals surface area contributed by atoms with Gasteiger partial charge in [0.15, 0.2) is 0 Å². The molecular formula is C16H12ClFN2O2S. The van der Waals surface area contributed by atoms with Crippen molar-refractivity contribution >= 4 is 46.6 Å². The van der Waals surface area contributed by atoms with Gasteiger partial charge in [-0.05, 0) is 43.3 Å². The number of nitrogens with one attached hydrogen (secondary N) is 2. The molecule has 0 aliphatic carbocycles. The van der Waals surface area contributed by atoms with E-state index in [1.54, 1.807) is 18.2 Å². The Morgan fingerprint density at radius 1 is 1.30 bits per heavy atom. The molecule has 0 unspecified atom stereocenters. The van der Waals surface area contributed by atoms with E-state index in [9.17, 15) is 14.0 Å². The van der Waals surface area contributed by atoms with Crippen LogP contribution >= 0.6 is 23.4 Å². The van der Waals surface area contributed by atoms with Gasteiger partial charge in [0.05, 0.1) is 21.6 Å². The quantitative estimate of drug-likeness (QED) is 0.854. The van der Waals surface area contributed by atoms with E-state index in [1.165, 1.54) is 23.9 Å². The van der Waals surface area contributed by atoms with E-state index in [2.05, 4.69) is 10.6 Å². The summed E-state index contributed by atoms with van der Waals surface area (Å²) in [6.07, 6.45) is 0. The molecule has 0 aromatic heterocycles. The highest BCUT2D eigenvalue weighted by Crippen LogP contribution is 2.36. The van der Waals surface area contributed by atoms with Crippen molar-refractivity contribution in [2.45, 2.75) is 17.1 Å². The first-order chi connectivity index (χ1) is 10.9. The van der Waals surface area contributed by atoms with Crippen molar-refractivity contribution in [3.05, 3.63) is 52.8 Å². The fraction of sp³-hybridized carbons (Fsp3) is 0.125. The van der Waals surface area contributed by atoms with E-state index in [0.29, 0.717) is 16.9 Å². The maximum atomic E-state index is 13.0. The fourth-order valence-electron chi connectivity index (χ4n) is 2.14. The summed E-state index contributed by atoms with van der Waals surface area (Å²) in [6, 6.07) is 8.81. The molecule has 1 aliphatic heterocycles. The van der Waals surface area contributed by atoms with E-state index in [4.69, 9.17) is 11.6 Å². The highest BCUT2D eigenvalue weighted by atomic mass is 35.5. The van der Waals surface area contributed by atoms with Gasteiger partial charge in [0, 0.05) is 10.5 Å². The number of carbonyl (C=O) groups is 2. The second kappa shape index (κ2) is 6.22. The number of fused-ring (bicyclic) bond motifs is 1. The van der Waals surface area contributed by atoms with E-state index in [1.807, 2.05) is 6.92 Å². The van der Waals surface area contributed by atoms with E-state index in [-0.39, 0.29) is 22.1 Å². The highest BCUT2D eigenvalue weighted by Gasteiger charge is 2.23. The Morgan fingerprint density at radius 3 is 2.83 bits per heavy atom. The van der Waals surface area contributed by atoms with E-state index < -0.39 is 5.82 Å². The van der Waals surface area contributed by atoms with Crippen LogP contribution in [0.3, 0.4) is 0 Å². The molecule has 23 heavy (non-hydrogen) atoms. The minimum atomic E-state index is -0.476. The Bertz CT molecular complexity index is 813. The third kappa shape index (κ3) is 3.33. The van der Waals surface area contributed by atoms with Gasteiger partial charge < -0.3 is 10.6 Å². The summed E-state index contributed by atoms with van der Waals surface area (Å²) < 4.78 is 13.0. The Balaban J connectivity index is 1.83. The lowest BCUT2D eigenvalue weighted by Gasteiger charge is -2.21. The van der Waals surface area contributed by atoms with Gasteiger partial charge in [0.2, 0.25) is 5.91 Å². The molecule has 1 heterocycles. The van der Waals surface area contributed by atoms with Crippen molar-refractivity contribution in [3.63, 3.8) is 0 Å². The largest absolute Gasteiger partial charge is 0.324 e. The number of rotatable bonds is 2. The Hall–Kier alpha value is -2.05. The molecular weight excluding hydrogens is 339 g/mol. The maximum absolute atomic E-state index is 13.0. The first-order valence-electron chi connectivity index (χ1n) is 6.82. The summed E-state index contributed by atoms with van der Waals surface area (Å²) in [5.41, 5.74) is 1.30. The summed E-state index contributed by atoms with van der Waals surface area (Å²) in [7, 11) is 0. The van der Waals surface area contributed by atoms with E-state index >= 15 is 0 Å². The van der Waals surface area contributed by atoms with Crippen LogP contribution in [-0.2, 0) is 4.79 Å². The maximum Gasteiger partial charge on any atom is 0.255 e. The number of hydrogen-bond acceptors (Lipinski definition) is 3. The van der Waals surface area contributed by atoms with Crippen LogP contribution in [0.25, 0.3) is 0 Å². The van der Waals surface area contributed by atoms with E-state index in [0.717, 1.165) is 11.0 Å². The van der Waals surface area contributed by atoms with Crippen LogP contribution in [0.5, 0.6) is 0 Å². The first kappa shape index (κ1) is 15.8. The number of halogens is 2. The molecule has 4 nitrogen and oxygen atoms in total. The molecule has 1 aliphatic rings. The minimum absolute atomic E-state index is 0.0957. The smallest absolute Gasteiger partial charge is 0.255 e. The lowest BCUT2D eigenvalue weighted by Crippen LogP contribution is -2.26. The van der Waals surface area contributed by atoms with Crippen LogP contribution in [0.15, 0.2) is 41.3 Å². The van der Waals surface area contributed by atoms with Crippen molar-refractivity contribution < 1.29 is 14.0 Å². The standard InChI is InChI=1S/C16H12ClFN2O2S/c1-8-15(21)20-13-6-9(2-5-14(13)23-8)16(22)19-12-4-3-10(18)7-11(12)17/h2-8H,1H3,(H,19,22)(H,20,21)/t8-/m1/s1. The van der Waals surface area contributed by atoms with Gasteiger partial charge in [-0.2, -0.15) is 0 Å². The van der Waals surface area contributed by atoms with Crippen LogP contribution in [0.4, 0.5) is 15.8 Å². The number of anilines is 2. The van der Waals surface area contributed by atoms with Crippen LogP contribution in [-0.4, -0.2) is 17.1 Å². The lowest BCUT2D eigenvalue weighted by atomic mass is 10.1. The Morgan fingerprint density at radius 2 is 2.09 bits per heavy atom. The zero-order chi connectivity index (χ0) is 16.6. The first-order valence-corrected chi connectivity index (χ1v) is 8.08. The SMILES string of the molecule is C[C@H]1Sc2ccc(C(=O)Nc3ccc(F)cc3Cl)cc2NC1=O. The third-order valence-electron chi connectivity index (χ3n) is 3.35. The molecule has 2 N–H and O–H groups in total. The molecule has 3 rings (SSSR count). The average Bonchev–Trinajstić information content (AvgIpc) is 2.50. The monoisotopic (exact) mass is 350 g/mol. The normalized spacial score (nSPS) is 16.5. The number of benzene rings is 2. The molecule has 2 aromatic rings. The third-order valence-corrected chi connectivity index (χ3v) is 4.84.